The van der Waals surface area contributed by atoms with Gasteiger partial charge < -0.3 is 0 Å². The Morgan fingerprint density at radius 1 is 1.35 bits per heavy atom. The first kappa shape index (κ1) is 13.1. The standard InChI is InChI=1S/C13H16Cl2FN/c14-8-12-3-1-2-6-17(12)9-10-4-5-11(15)7-13(10)16/h4-5,7,12H,1-3,6,8-9H2. The van der Waals surface area contributed by atoms with Crippen molar-refractivity contribution in [3.63, 3.8) is 0 Å². The van der Waals surface area contributed by atoms with Crippen LogP contribution in [0, 0.1) is 5.82 Å². The fraction of sp³-hybridized carbons (Fsp3) is 0.538. The molecule has 1 nitrogen and oxygen atoms in total. The third-order valence-electron chi connectivity index (χ3n) is 3.32. The Hall–Kier alpha value is -0.310. The van der Waals surface area contributed by atoms with Crippen LogP contribution in [0.25, 0.3) is 0 Å². The fourth-order valence-corrected chi connectivity index (χ4v) is 2.82. The summed E-state index contributed by atoms with van der Waals surface area (Å²) in [5.74, 6) is 0.395. The minimum absolute atomic E-state index is 0.226. The monoisotopic (exact) mass is 275 g/mol. The van der Waals surface area contributed by atoms with Gasteiger partial charge in [0.1, 0.15) is 5.82 Å². The van der Waals surface area contributed by atoms with Crippen molar-refractivity contribution in [3.8, 4) is 0 Å². The van der Waals surface area contributed by atoms with E-state index in [1.54, 1.807) is 12.1 Å². The second kappa shape index (κ2) is 6.03. The van der Waals surface area contributed by atoms with Crippen LogP contribution in [0.15, 0.2) is 18.2 Å². The van der Waals surface area contributed by atoms with E-state index in [-0.39, 0.29) is 5.82 Å². The van der Waals surface area contributed by atoms with Gasteiger partial charge in [-0.1, -0.05) is 24.1 Å². The Bertz CT molecular complexity index is 384. The first-order chi connectivity index (χ1) is 8.20. The molecule has 17 heavy (non-hydrogen) atoms. The van der Waals surface area contributed by atoms with Gasteiger partial charge in [-0.05, 0) is 31.5 Å². The number of hydrogen-bond acceptors (Lipinski definition) is 1. The molecule has 1 atom stereocenters. The molecule has 0 aliphatic carbocycles. The van der Waals surface area contributed by atoms with Crippen molar-refractivity contribution in [2.75, 3.05) is 12.4 Å². The molecule has 1 aromatic carbocycles. The molecule has 0 spiro atoms. The zero-order valence-corrected chi connectivity index (χ0v) is 11.1. The number of benzene rings is 1. The van der Waals surface area contributed by atoms with Crippen molar-refractivity contribution in [2.24, 2.45) is 0 Å². The van der Waals surface area contributed by atoms with Crippen LogP contribution in [0.2, 0.25) is 5.02 Å². The van der Waals surface area contributed by atoms with E-state index in [4.69, 9.17) is 23.2 Å². The van der Waals surface area contributed by atoms with Crippen molar-refractivity contribution in [1.29, 1.82) is 0 Å². The highest BCUT2D eigenvalue weighted by Crippen LogP contribution is 2.22. The summed E-state index contributed by atoms with van der Waals surface area (Å²) in [5, 5.41) is 0.443. The normalized spacial score (nSPS) is 21.7. The molecule has 1 saturated heterocycles. The minimum Gasteiger partial charge on any atom is -0.295 e. The lowest BCUT2D eigenvalue weighted by atomic mass is 10.0. The predicted octanol–water partition coefficient (Wildman–Crippen LogP) is 4.07. The molecule has 0 aromatic heterocycles. The Morgan fingerprint density at radius 3 is 2.88 bits per heavy atom. The maximum atomic E-state index is 13.7. The summed E-state index contributed by atoms with van der Waals surface area (Å²) in [6, 6.07) is 5.24. The molecule has 0 bridgehead atoms. The van der Waals surface area contributed by atoms with E-state index >= 15 is 0 Å². The van der Waals surface area contributed by atoms with Crippen LogP contribution in [-0.4, -0.2) is 23.4 Å². The smallest absolute Gasteiger partial charge is 0.129 e. The van der Waals surface area contributed by atoms with Crippen LogP contribution < -0.4 is 0 Å². The van der Waals surface area contributed by atoms with Crippen LogP contribution in [-0.2, 0) is 6.54 Å². The number of piperidine rings is 1. The molecule has 94 valence electrons. The topological polar surface area (TPSA) is 3.24 Å². The number of likely N-dealkylation sites (tertiary alicyclic amines) is 1. The third-order valence-corrected chi connectivity index (χ3v) is 3.91. The Kier molecular flexibility index (Phi) is 4.66. The molecule has 1 fully saturated rings. The molecule has 0 radical (unpaired) electrons. The van der Waals surface area contributed by atoms with E-state index in [2.05, 4.69) is 4.90 Å². The van der Waals surface area contributed by atoms with E-state index in [1.165, 1.54) is 18.9 Å². The number of nitrogens with zero attached hydrogens (tertiary/aromatic N) is 1. The molecular weight excluding hydrogens is 260 g/mol. The molecule has 0 amide bonds. The highest BCUT2D eigenvalue weighted by molar-refractivity contribution is 6.30. The second-order valence-electron chi connectivity index (χ2n) is 4.51. The number of hydrogen-bond donors (Lipinski definition) is 0. The molecule has 1 aliphatic heterocycles. The highest BCUT2D eigenvalue weighted by Gasteiger charge is 2.22. The summed E-state index contributed by atoms with van der Waals surface area (Å²) >= 11 is 11.7. The Labute approximate surface area is 112 Å². The summed E-state index contributed by atoms with van der Waals surface area (Å²) in [5.41, 5.74) is 0.700. The van der Waals surface area contributed by atoms with Crippen LogP contribution in [0.4, 0.5) is 4.39 Å². The first-order valence-corrected chi connectivity index (χ1v) is 6.86. The summed E-state index contributed by atoms with van der Waals surface area (Å²) in [7, 11) is 0. The van der Waals surface area contributed by atoms with Crippen LogP contribution in [0.1, 0.15) is 24.8 Å². The van der Waals surface area contributed by atoms with Crippen molar-refractivity contribution >= 4 is 23.2 Å². The molecule has 2 rings (SSSR count). The Balaban J connectivity index is 2.08. The van der Waals surface area contributed by atoms with Crippen LogP contribution in [0.5, 0.6) is 0 Å². The van der Waals surface area contributed by atoms with Crippen LogP contribution in [0.3, 0.4) is 0 Å². The summed E-state index contributed by atoms with van der Waals surface area (Å²) in [4.78, 5) is 2.27. The summed E-state index contributed by atoms with van der Waals surface area (Å²) in [6.45, 7) is 1.62. The maximum absolute atomic E-state index is 13.7. The minimum atomic E-state index is -0.226. The van der Waals surface area contributed by atoms with Gasteiger partial charge in [0.05, 0.1) is 0 Å². The lowest BCUT2D eigenvalue weighted by Gasteiger charge is -2.34. The van der Waals surface area contributed by atoms with Crippen molar-refractivity contribution < 1.29 is 4.39 Å². The molecular formula is C13H16Cl2FN. The number of halogens is 3. The van der Waals surface area contributed by atoms with Gasteiger partial charge in [0.25, 0.3) is 0 Å². The van der Waals surface area contributed by atoms with E-state index in [9.17, 15) is 4.39 Å². The van der Waals surface area contributed by atoms with Gasteiger partial charge >= 0.3 is 0 Å². The fourth-order valence-electron chi connectivity index (χ4n) is 2.31. The van der Waals surface area contributed by atoms with Crippen molar-refractivity contribution in [2.45, 2.75) is 31.8 Å². The number of alkyl halides is 1. The van der Waals surface area contributed by atoms with Gasteiger partial charge in [0.2, 0.25) is 0 Å². The first-order valence-electron chi connectivity index (χ1n) is 5.94. The van der Waals surface area contributed by atoms with Gasteiger partial charge in [0.15, 0.2) is 0 Å². The summed E-state index contributed by atoms with van der Waals surface area (Å²) < 4.78 is 13.7. The van der Waals surface area contributed by atoms with Crippen molar-refractivity contribution in [3.05, 3.63) is 34.6 Å². The average molecular weight is 276 g/mol. The SMILES string of the molecule is Fc1cc(Cl)ccc1CN1CCCCC1CCl. The molecule has 1 aliphatic rings. The van der Waals surface area contributed by atoms with Gasteiger partial charge in [-0.2, -0.15) is 0 Å². The van der Waals surface area contributed by atoms with Gasteiger partial charge in [0, 0.05) is 29.1 Å². The van der Waals surface area contributed by atoms with Gasteiger partial charge in [-0.15, -0.1) is 11.6 Å². The molecule has 1 unspecified atom stereocenters. The predicted molar refractivity (Wildman–Crippen MR) is 70.2 cm³/mol. The van der Waals surface area contributed by atoms with Gasteiger partial charge in [-0.3, -0.25) is 4.90 Å². The lowest BCUT2D eigenvalue weighted by molar-refractivity contribution is 0.153. The van der Waals surface area contributed by atoms with Crippen LogP contribution >= 0.6 is 23.2 Å². The van der Waals surface area contributed by atoms with E-state index in [1.807, 2.05) is 0 Å². The lowest BCUT2D eigenvalue weighted by Crippen LogP contribution is -2.40. The van der Waals surface area contributed by atoms with E-state index in [0.29, 0.717) is 29.1 Å². The molecule has 0 saturated carbocycles. The van der Waals surface area contributed by atoms with Gasteiger partial charge in [-0.25, -0.2) is 4.39 Å². The Morgan fingerprint density at radius 2 is 2.18 bits per heavy atom. The van der Waals surface area contributed by atoms with Crippen molar-refractivity contribution in [1.82, 2.24) is 4.90 Å². The van der Waals surface area contributed by atoms with E-state index < -0.39 is 0 Å². The zero-order valence-electron chi connectivity index (χ0n) is 9.63. The zero-order chi connectivity index (χ0) is 12.3. The third kappa shape index (κ3) is 3.34. The second-order valence-corrected chi connectivity index (χ2v) is 5.26. The molecule has 0 N–H and O–H groups in total. The molecule has 1 aromatic rings. The average Bonchev–Trinajstić information content (AvgIpc) is 2.33. The quantitative estimate of drug-likeness (QED) is 0.752. The number of rotatable bonds is 3. The molecule has 1 heterocycles. The molecule has 4 heteroatoms. The largest absolute Gasteiger partial charge is 0.295 e. The summed E-state index contributed by atoms with van der Waals surface area (Å²) in [6.07, 6.45) is 3.50. The highest BCUT2D eigenvalue weighted by atomic mass is 35.5. The van der Waals surface area contributed by atoms with E-state index in [0.717, 1.165) is 13.0 Å². The maximum Gasteiger partial charge on any atom is 0.129 e.